The number of pyridine rings is 2. The molecule has 30 heavy (non-hydrogen) atoms. The van der Waals surface area contributed by atoms with Crippen molar-refractivity contribution in [2.75, 3.05) is 11.4 Å². The van der Waals surface area contributed by atoms with E-state index in [4.69, 9.17) is 0 Å². The van der Waals surface area contributed by atoms with E-state index in [9.17, 15) is 9.59 Å². The predicted molar refractivity (Wildman–Crippen MR) is 116 cm³/mol. The Morgan fingerprint density at radius 3 is 2.63 bits per heavy atom. The van der Waals surface area contributed by atoms with Crippen molar-refractivity contribution >= 4 is 17.5 Å². The van der Waals surface area contributed by atoms with Crippen LogP contribution in [0.25, 0.3) is 11.3 Å². The molecule has 4 rings (SSSR count). The Labute approximate surface area is 176 Å². The van der Waals surface area contributed by atoms with Gasteiger partial charge < -0.3 is 10.2 Å². The lowest BCUT2D eigenvalue weighted by atomic mass is 10.1. The highest BCUT2D eigenvalue weighted by Crippen LogP contribution is 2.27. The van der Waals surface area contributed by atoms with Gasteiger partial charge in [-0.05, 0) is 66.9 Å². The Hall–Kier alpha value is -3.54. The SMILES string of the molecule is Cc1ccc(N2CC(C(=O)NCc3ccnc(-c4ccncc4)c3)CC2=O)cc1C. The van der Waals surface area contributed by atoms with Crippen molar-refractivity contribution in [2.24, 2.45) is 5.92 Å². The fraction of sp³-hybridized carbons (Fsp3) is 0.250. The number of amides is 2. The quantitative estimate of drug-likeness (QED) is 0.712. The van der Waals surface area contributed by atoms with Crippen LogP contribution in [0.2, 0.25) is 0 Å². The average molecular weight is 400 g/mol. The van der Waals surface area contributed by atoms with E-state index >= 15 is 0 Å². The van der Waals surface area contributed by atoms with Crippen molar-refractivity contribution in [3.63, 3.8) is 0 Å². The molecule has 3 heterocycles. The third-order valence-corrected chi connectivity index (χ3v) is 5.57. The lowest BCUT2D eigenvalue weighted by molar-refractivity contribution is -0.126. The second kappa shape index (κ2) is 8.45. The molecule has 1 N–H and O–H groups in total. The number of hydrogen-bond donors (Lipinski definition) is 1. The third kappa shape index (κ3) is 4.22. The summed E-state index contributed by atoms with van der Waals surface area (Å²) in [6, 6.07) is 13.6. The monoisotopic (exact) mass is 400 g/mol. The number of nitrogens with zero attached hydrogens (tertiary/aromatic N) is 3. The van der Waals surface area contributed by atoms with Crippen LogP contribution in [-0.4, -0.2) is 28.3 Å². The summed E-state index contributed by atoms with van der Waals surface area (Å²) in [5, 5.41) is 2.97. The van der Waals surface area contributed by atoms with E-state index in [0.29, 0.717) is 13.1 Å². The molecule has 2 amide bonds. The maximum atomic E-state index is 12.7. The number of hydrogen-bond acceptors (Lipinski definition) is 4. The molecule has 152 valence electrons. The zero-order chi connectivity index (χ0) is 21.1. The first-order chi connectivity index (χ1) is 14.5. The number of nitrogens with one attached hydrogen (secondary N) is 1. The van der Waals surface area contributed by atoms with Crippen molar-refractivity contribution in [3.05, 3.63) is 77.7 Å². The summed E-state index contributed by atoms with van der Waals surface area (Å²) >= 11 is 0. The smallest absolute Gasteiger partial charge is 0.227 e. The van der Waals surface area contributed by atoms with Crippen LogP contribution < -0.4 is 10.2 Å². The van der Waals surface area contributed by atoms with Gasteiger partial charge >= 0.3 is 0 Å². The van der Waals surface area contributed by atoms with Crippen LogP contribution in [0.4, 0.5) is 5.69 Å². The molecule has 1 aliphatic heterocycles. The topological polar surface area (TPSA) is 75.2 Å². The molecule has 1 saturated heterocycles. The van der Waals surface area contributed by atoms with Crippen LogP contribution in [0.1, 0.15) is 23.1 Å². The molecule has 1 aliphatic rings. The Morgan fingerprint density at radius 2 is 1.87 bits per heavy atom. The summed E-state index contributed by atoms with van der Waals surface area (Å²) in [5.74, 6) is -0.458. The minimum atomic E-state index is -0.347. The number of aryl methyl sites for hydroxylation is 2. The largest absolute Gasteiger partial charge is 0.352 e. The average Bonchev–Trinajstić information content (AvgIpc) is 3.16. The van der Waals surface area contributed by atoms with E-state index in [1.54, 1.807) is 23.5 Å². The molecule has 0 bridgehead atoms. The Morgan fingerprint density at radius 1 is 1.07 bits per heavy atom. The van der Waals surface area contributed by atoms with E-state index in [1.165, 1.54) is 5.56 Å². The Kier molecular flexibility index (Phi) is 5.57. The highest BCUT2D eigenvalue weighted by atomic mass is 16.2. The van der Waals surface area contributed by atoms with Crippen molar-refractivity contribution in [1.82, 2.24) is 15.3 Å². The number of benzene rings is 1. The summed E-state index contributed by atoms with van der Waals surface area (Å²) in [5.41, 5.74) is 5.94. The zero-order valence-electron chi connectivity index (χ0n) is 17.1. The van der Waals surface area contributed by atoms with Gasteiger partial charge in [0.2, 0.25) is 11.8 Å². The summed E-state index contributed by atoms with van der Waals surface area (Å²) < 4.78 is 0. The maximum Gasteiger partial charge on any atom is 0.227 e. The molecule has 3 aromatic rings. The van der Waals surface area contributed by atoms with Gasteiger partial charge in [0.05, 0.1) is 11.6 Å². The highest BCUT2D eigenvalue weighted by Gasteiger charge is 2.35. The fourth-order valence-corrected chi connectivity index (χ4v) is 3.62. The van der Waals surface area contributed by atoms with Gasteiger partial charge in [0.25, 0.3) is 0 Å². The predicted octanol–water partition coefficient (Wildman–Crippen LogP) is 3.43. The summed E-state index contributed by atoms with van der Waals surface area (Å²) in [6.07, 6.45) is 5.42. The van der Waals surface area contributed by atoms with Gasteiger partial charge in [0.15, 0.2) is 0 Å². The van der Waals surface area contributed by atoms with Gasteiger partial charge in [-0.3, -0.25) is 19.6 Å². The second-order valence-electron chi connectivity index (χ2n) is 7.68. The third-order valence-electron chi connectivity index (χ3n) is 5.57. The van der Waals surface area contributed by atoms with E-state index < -0.39 is 0 Å². The molecule has 2 aromatic heterocycles. The molecule has 0 saturated carbocycles. The van der Waals surface area contributed by atoms with E-state index in [1.807, 2.05) is 56.3 Å². The molecule has 1 unspecified atom stereocenters. The normalized spacial score (nSPS) is 16.0. The lowest BCUT2D eigenvalue weighted by Gasteiger charge is -2.18. The van der Waals surface area contributed by atoms with E-state index in [2.05, 4.69) is 15.3 Å². The van der Waals surface area contributed by atoms with Crippen LogP contribution in [0.15, 0.2) is 61.1 Å². The van der Waals surface area contributed by atoms with Crippen molar-refractivity contribution in [3.8, 4) is 11.3 Å². The molecule has 1 atom stereocenters. The van der Waals surface area contributed by atoms with Crippen LogP contribution in [-0.2, 0) is 16.1 Å². The van der Waals surface area contributed by atoms with Crippen LogP contribution >= 0.6 is 0 Å². The van der Waals surface area contributed by atoms with Gasteiger partial charge in [-0.15, -0.1) is 0 Å². The number of carbonyl (C=O) groups excluding carboxylic acids is 2. The molecule has 0 aliphatic carbocycles. The van der Waals surface area contributed by atoms with E-state index in [-0.39, 0.29) is 24.2 Å². The standard InChI is InChI=1S/C24H24N4O2/c1-16-3-4-21(11-17(16)2)28-15-20(13-23(28)29)24(30)27-14-18-5-10-26-22(12-18)19-6-8-25-9-7-19/h3-12,20H,13-15H2,1-2H3,(H,27,30). The number of carbonyl (C=O) groups is 2. The summed E-state index contributed by atoms with van der Waals surface area (Å²) in [6.45, 7) is 4.87. The van der Waals surface area contributed by atoms with Gasteiger partial charge in [-0.25, -0.2) is 0 Å². The lowest BCUT2D eigenvalue weighted by Crippen LogP contribution is -2.32. The number of rotatable bonds is 5. The van der Waals surface area contributed by atoms with Gasteiger partial charge in [-0.2, -0.15) is 0 Å². The summed E-state index contributed by atoms with van der Waals surface area (Å²) in [4.78, 5) is 35.3. The molecule has 6 nitrogen and oxygen atoms in total. The first-order valence-corrected chi connectivity index (χ1v) is 10.0. The Balaban J connectivity index is 1.39. The molecule has 1 fully saturated rings. The molecule has 1 aromatic carbocycles. The van der Waals surface area contributed by atoms with Crippen molar-refractivity contribution in [2.45, 2.75) is 26.8 Å². The van der Waals surface area contributed by atoms with Gasteiger partial charge in [0.1, 0.15) is 0 Å². The summed E-state index contributed by atoms with van der Waals surface area (Å²) in [7, 11) is 0. The fourth-order valence-electron chi connectivity index (χ4n) is 3.62. The van der Waals surface area contributed by atoms with Crippen LogP contribution in [0, 0.1) is 19.8 Å². The molecule has 6 heteroatoms. The molecule has 0 radical (unpaired) electrons. The minimum Gasteiger partial charge on any atom is -0.352 e. The number of aromatic nitrogens is 2. The maximum absolute atomic E-state index is 12.7. The Bertz CT molecular complexity index is 1080. The van der Waals surface area contributed by atoms with Crippen molar-refractivity contribution in [1.29, 1.82) is 0 Å². The zero-order valence-corrected chi connectivity index (χ0v) is 17.1. The van der Waals surface area contributed by atoms with E-state index in [0.717, 1.165) is 28.1 Å². The van der Waals surface area contributed by atoms with Crippen molar-refractivity contribution < 1.29 is 9.59 Å². The highest BCUT2D eigenvalue weighted by molar-refractivity contribution is 6.00. The van der Waals surface area contributed by atoms with Crippen LogP contribution in [0.3, 0.4) is 0 Å². The minimum absolute atomic E-state index is 0.0118. The number of anilines is 1. The van der Waals surface area contributed by atoms with Gasteiger partial charge in [-0.1, -0.05) is 6.07 Å². The first kappa shape index (κ1) is 19.8. The molecular formula is C24H24N4O2. The van der Waals surface area contributed by atoms with Gasteiger partial charge in [0, 0.05) is 49.4 Å². The van der Waals surface area contributed by atoms with Crippen LogP contribution in [0.5, 0.6) is 0 Å². The molecule has 0 spiro atoms. The molecular weight excluding hydrogens is 376 g/mol. The second-order valence-corrected chi connectivity index (χ2v) is 7.68. The first-order valence-electron chi connectivity index (χ1n) is 10.0.